The standard InChI is InChI=1S/C15H25FN2/c1-5-14(17)15(18(6-2)11(3)4)12-8-7-9-13(16)10-12/h7-11,14-15H,5-6,17H2,1-4H3. The minimum absolute atomic E-state index is 0.0224. The lowest BCUT2D eigenvalue weighted by Gasteiger charge is -2.37. The van der Waals surface area contributed by atoms with Crippen LogP contribution in [0.1, 0.15) is 45.7 Å². The number of rotatable bonds is 6. The maximum absolute atomic E-state index is 13.4. The van der Waals surface area contributed by atoms with E-state index >= 15 is 0 Å². The Morgan fingerprint density at radius 1 is 1.28 bits per heavy atom. The maximum Gasteiger partial charge on any atom is 0.123 e. The minimum Gasteiger partial charge on any atom is -0.326 e. The van der Waals surface area contributed by atoms with E-state index in [4.69, 9.17) is 5.73 Å². The average molecular weight is 252 g/mol. The molecule has 0 saturated heterocycles. The van der Waals surface area contributed by atoms with E-state index in [0.717, 1.165) is 18.5 Å². The van der Waals surface area contributed by atoms with E-state index < -0.39 is 0 Å². The van der Waals surface area contributed by atoms with E-state index in [1.807, 2.05) is 6.07 Å². The Morgan fingerprint density at radius 3 is 2.39 bits per heavy atom. The summed E-state index contributed by atoms with van der Waals surface area (Å²) < 4.78 is 13.4. The van der Waals surface area contributed by atoms with Gasteiger partial charge in [0.2, 0.25) is 0 Å². The fourth-order valence-electron chi connectivity index (χ4n) is 2.48. The van der Waals surface area contributed by atoms with Crippen LogP contribution in [0.5, 0.6) is 0 Å². The third kappa shape index (κ3) is 3.53. The number of hydrogen-bond acceptors (Lipinski definition) is 2. The lowest BCUT2D eigenvalue weighted by molar-refractivity contribution is 0.138. The van der Waals surface area contributed by atoms with Gasteiger partial charge in [-0.25, -0.2) is 4.39 Å². The molecule has 2 nitrogen and oxygen atoms in total. The summed E-state index contributed by atoms with van der Waals surface area (Å²) in [6, 6.07) is 7.29. The Balaban J connectivity index is 3.12. The van der Waals surface area contributed by atoms with Gasteiger partial charge in [-0.3, -0.25) is 4.90 Å². The molecule has 0 aliphatic rings. The van der Waals surface area contributed by atoms with E-state index in [0.29, 0.717) is 6.04 Å². The highest BCUT2D eigenvalue weighted by Gasteiger charge is 2.26. The lowest BCUT2D eigenvalue weighted by atomic mass is 9.95. The minimum atomic E-state index is -0.194. The summed E-state index contributed by atoms with van der Waals surface area (Å²) in [5, 5.41) is 0. The molecule has 0 aromatic heterocycles. The summed E-state index contributed by atoms with van der Waals surface area (Å²) in [6.07, 6.45) is 0.879. The van der Waals surface area contributed by atoms with E-state index in [9.17, 15) is 4.39 Å². The second kappa shape index (κ2) is 6.86. The molecule has 1 aromatic rings. The molecule has 0 fully saturated rings. The van der Waals surface area contributed by atoms with Gasteiger partial charge in [0.1, 0.15) is 5.82 Å². The number of benzene rings is 1. The summed E-state index contributed by atoms with van der Waals surface area (Å²) in [5.41, 5.74) is 7.22. The van der Waals surface area contributed by atoms with Gasteiger partial charge in [-0.15, -0.1) is 0 Å². The summed E-state index contributed by atoms with van der Waals surface area (Å²) in [4.78, 5) is 2.32. The maximum atomic E-state index is 13.4. The molecule has 2 unspecified atom stereocenters. The molecule has 1 aromatic carbocycles. The van der Waals surface area contributed by atoms with Gasteiger partial charge in [-0.1, -0.05) is 26.0 Å². The van der Waals surface area contributed by atoms with Crippen LogP contribution < -0.4 is 5.73 Å². The molecule has 0 aliphatic carbocycles. The predicted molar refractivity (Wildman–Crippen MR) is 74.9 cm³/mol. The van der Waals surface area contributed by atoms with Gasteiger partial charge in [-0.05, 0) is 44.5 Å². The Labute approximate surface area is 110 Å². The van der Waals surface area contributed by atoms with Crippen molar-refractivity contribution >= 4 is 0 Å². The quantitative estimate of drug-likeness (QED) is 0.841. The first-order valence-corrected chi connectivity index (χ1v) is 6.78. The van der Waals surface area contributed by atoms with Gasteiger partial charge < -0.3 is 5.73 Å². The van der Waals surface area contributed by atoms with Crippen molar-refractivity contribution in [1.82, 2.24) is 4.90 Å². The molecule has 18 heavy (non-hydrogen) atoms. The van der Waals surface area contributed by atoms with Gasteiger partial charge in [-0.2, -0.15) is 0 Å². The fraction of sp³-hybridized carbons (Fsp3) is 0.600. The molecular weight excluding hydrogens is 227 g/mol. The molecule has 0 heterocycles. The molecule has 0 spiro atoms. The van der Waals surface area contributed by atoms with Crippen molar-refractivity contribution < 1.29 is 4.39 Å². The van der Waals surface area contributed by atoms with Crippen molar-refractivity contribution in [2.45, 2.75) is 52.2 Å². The average Bonchev–Trinajstić information content (AvgIpc) is 2.34. The first-order chi connectivity index (χ1) is 8.51. The van der Waals surface area contributed by atoms with Crippen LogP contribution in [0.25, 0.3) is 0 Å². The molecule has 1 rings (SSSR count). The lowest BCUT2D eigenvalue weighted by Crippen LogP contribution is -2.44. The monoisotopic (exact) mass is 252 g/mol. The molecule has 2 N–H and O–H groups in total. The van der Waals surface area contributed by atoms with Crippen molar-refractivity contribution in [2.24, 2.45) is 5.73 Å². The largest absolute Gasteiger partial charge is 0.326 e. The first kappa shape index (κ1) is 15.1. The Kier molecular flexibility index (Phi) is 5.76. The fourth-order valence-corrected chi connectivity index (χ4v) is 2.48. The van der Waals surface area contributed by atoms with E-state index in [1.165, 1.54) is 6.07 Å². The van der Waals surface area contributed by atoms with Crippen LogP contribution in [0.2, 0.25) is 0 Å². The number of halogens is 1. The van der Waals surface area contributed by atoms with E-state index in [1.54, 1.807) is 12.1 Å². The van der Waals surface area contributed by atoms with Crippen LogP contribution >= 0.6 is 0 Å². The highest BCUT2D eigenvalue weighted by Crippen LogP contribution is 2.27. The van der Waals surface area contributed by atoms with Gasteiger partial charge in [0.05, 0.1) is 6.04 Å². The van der Waals surface area contributed by atoms with Crippen molar-refractivity contribution in [2.75, 3.05) is 6.54 Å². The van der Waals surface area contributed by atoms with Gasteiger partial charge >= 0.3 is 0 Å². The Hall–Kier alpha value is -0.930. The summed E-state index contributed by atoms with van der Waals surface area (Å²) >= 11 is 0. The van der Waals surface area contributed by atoms with Gasteiger partial charge in [0.15, 0.2) is 0 Å². The van der Waals surface area contributed by atoms with Crippen molar-refractivity contribution in [1.29, 1.82) is 0 Å². The zero-order valence-electron chi connectivity index (χ0n) is 11.9. The van der Waals surface area contributed by atoms with E-state index in [-0.39, 0.29) is 17.9 Å². The highest BCUT2D eigenvalue weighted by atomic mass is 19.1. The van der Waals surface area contributed by atoms with Crippen molar-refractivity contribution in [3.05, 3.63) is 35.6 Å². The topological polar surface area (TPSA) is 29.3 Å². The van der Waals surface area contributed by atoms with Crippen molar-refractivity contribution in [3.63, 3.8) is 0 Å². The summed E-state index contributed by atoms with van der Waals surface area (Å²) in [7, 11) is 0. The second-order valence-corrected chi connectivity index (χ2v) is 5.00. The summed E-state index contributed by atoms with van der Waals surface area (Å²) in [5.74, 6) is -0.194. The number of nitrogens with zero attached hydrogens (tertiary/aromatic N) is 1. The Morgan fingerprint density at radius 2 is 1.94 bits per heavy atom. The van der Waals surface area contributed by atoms with E-state index in [2.05, 4.69) is 32.6 Å². The SMILES string of the molecule is CCC(N)C(c1cccc(F)c1)N(CC)C(C)C. The van der Waals surface area contributed by atoms with Gasteiger partial charge in [0, 0.05) is 12.1 Å². The van der Waals surface area contributed by atoms with Crippen LogP contribution in [0.3, 0.4) is 0 Å². The zero-order valence-corrected chi connectivity index (χ0v) is 11.9. The second-order valence-electron chi connectivity index (χ2n) is 5.00. The molecule has 0 radical (unpaired) electrons. The molecule has 0 saturated carbocycles. The molecule has 102 valence electrons. The molecule has 2 atom stereocenters. The molecule has 0 amide bonds. The van der Waals surface area contributed by atoms with Crippen LogP contribution in [0.15, 0.2) is 24.3 Å². The van der Waals surface area contributed by atoms with Gasteiger partial charge in [0.25, 0.3) is 0 Å². The van der Waals surface area contributed by atoms with Crippen LogP contribution in [-0.2, 0) is 0 Å². The predicted octanol–water partition coefficient (Wildman–Crippen LogP) is 3.33. The summed E-state index contributed by atoms with van der Waals surface area (Å²) in [6.45, 7) is 9.41. The Bertz CT molecular complexity index is 365. The highest BCUT2D eigenvalue weighted by molar-refractivity contribution is 5.22. The molecular formula is C15H25FN2. The van der Waals surface area contributed by atoms with Crippen LogP contribution in [-0.4, -0.2) is 23.5 Å². The number of nitrogens with two attached hydrogens (primary N) is 1. The van der Waals surface area contributed by atoms with Crippen molar-refractivity contribution in [3.8, 4) is 0 Å². The zero-order chi connectivity index (χ0) is 13.7. The molecule has 0 aliphatic heterocycles. The number of likely N-dealkylation sites (N-methyl/N-ethyl adjacent to an activating group) is 1. The first-order valence-electron chi connectivity index (χ1n) is 6.78. The van der Waals surface area contributed by atoms with Crippen LogP contribution in [0, 0.1) is 5.82 Å². The number of hydrogen-bond donors (Lipinski definition) is 1. The smallest absolute Gasteiger partial charge is 0.123 e. The normalized spacial score (nSPS) is 15.1. The third-order valence-electron chi connectivity index (χ3n) is 3.45. The molecule has 3 heteroatoms. The van der Waals surface area contributed by atoms with Crippen LogP contribution in [0.4, 0.5) is 4.39 Å². The third-order valence-corrected chi connectivity index (χ3v) is 3.45. The molecule has 0 bridgehead atoms.